The number of imide groups is 1. The molecule has 18 heteroatoms. The lowest BCUT2D eigenvalue weighted by atomic mass is 9.83. The van der Waals surface area contributed by atoms with Gasteiger partial charge in [-0.2, -0.15) is 11.8 Å². The average molecular weight is 1140 g/mol. The van der Waals surface area contributed by atoms with E-state index in [0.717, 1.165) is 49.0 Å². The molecule has 0 spiro atoms. The Hall–Kier alpha value is -5.01. The number of nitrogens with one attached hydrogen (secondary N) is 2. The Balaban J connectivity index is 0.000000603. The molecule has 0 bridgehead atoms. The number of amides is 4. The first kappa shape index (κ1) is 69.3. The lowest BCUT2D eigenvalue weighted by Crippen LogP contribution is -2.53. The van der Waals surface area contributed by atoms with E-state index in [1.54, 1.807) is 50.4 Å². The molecule has 11 atom stereocenters. The fourth-order valence-electron chi connectivity index (χ4n) is 10.9. The number of rotatable bonds is 34. The molecule has 1 unspecified atom stereocenters. The van der Waals surface area contributed by atoms with Crippen molar-refractivity contribution >= 4 is 64.4 Å². The fraction of sp³-hybridized carbons (Fsp3) is 0.677. The topological polar surface area (TPSA) is 218 Å². The summed E-state index contributed by atoms with van der Waals surface area (Å²) < 4.78 is 16.9. The van der Waals surface area contributed by atoms with Gasteiger partial charge in [0.1, 0.15) is 18.2 Å². The van der Waals surface area contributed by atoms with Gasteiger partial charge in [0.25, 0.3) is 0 Å². The Morgan fingerprint density at radius 2 is 1.49 bits per heavy atom. The van der Waals surface area contributed by atoms with Gasteiger partial charge in [-0.15, -0.1) is 0 Å². The minimum atomic E-state index is -0.818. The van der Waals surface area contributed by atoms with Gasteiger partial charge >= 0.3 is 6.09 Å². The number of likely N-dealkylation sites (tertiary alicyclic amines) is 1. The molecule has 4 rings (SSSR count). The Bertz CT molecular complexity index is 2280. The summed E-state index contributed by atoms with van der Waals surface area (Å²) >= 11 is 1.40. The zero-order chi connectivity index (χ0) is 59.8. The van der Waals surface area contributed by atoms with Gasteiger partial charge in [-0.05, 0) is 92.3 Å². The van der Waals surface area contributed by atoms with Crippen LogP contribution in [0.3, 0.4) is 0 Å². The SMILES string of the molecule is CC[C@H](C)[C@@H]([C@@H](CC(C)=O)OC)N(C)C(=O)[C@@H](CC(=O)[C@H](C(C)C)N(C)C(=O)OCc1ccc(NCC(=O)CCCCCN2C(=O)CC(SC)C2=O)cc1)C(C)C.CO[C@@H]([C@@H]1CCCN1)[C@@H](C)C(=O)C[C@H](C)[C@@H](O)c1ccccc1. The van der Waals surface area contributed by atoms with Gasteiger partial charge in [0.15, 0.2) is 11.6 Å². The molecule has 80 heavy (non-hydrogen) atoms. The number of likely N-dealkylation sites (N-methyl/N-ethyl adjacent to an activating group) is 2. The summed E-state index contributed by atoms with van der Waals surface area (Å²) in [4.78, 5) is 107. The lowest BCUT2D eigenvalue weighted by Gasteiger charge is -2.40. The number of anilines is 1. The number of hydrogen-bond donors (Lipinski definition) is 3. The van der Waals surface area contributed by atoms with Crippen LogP contribution in [0.4, 0.5) is 10.5 Å². The van der Waals surface area contributed by atoms with E-state index in [2.05, 4.69) is 10.6 Å². The van der Waals surface area contributed by atoms with E-state index in [9.17, 15) is 43.5 Å². The number of hydrogen-bond acceptors (Lipinski definition) is 15. The largest absolute Gasteiger partial charge is 0.445 e. The van der Waals surface area contributed by atoms with Crippen molar-refractivity contribution in [1.29, 1.82) is 0 Å². The maximum Gasteiger partial charge on any atom is 0.410 e. The van der Waals surface area contributed by atoms with Crippen LogP contribution >= 0.6 is 11.8 Å². The van der Waals surface area contributed by atoms with Crippen LogP contribution in [0.2, 0.25) is 0 Å². The van der Waals surface area contributed by atoms with Gasteiger partial charge in [-0.25, -0.2) is 4.79 Å². The molecule has 2 aliphatic heterocycles. The summed E-state index contributed by atoms with van der Waals surface area (Å²) in [5.74, 6) is -1.77. The van der Waals surface area contributed by atoms with Crippen LogP contribution in [0, 0.1) is 35.5 Å². The van der Waals surface area contributed by atoms with Crippen molar-refractivity contribution in [2.45, 2.75) is 181 Å². The first-order chi connectivity index (χ1) is 37.9. The summed E-state index contributed by atoms with van der Waals surface area (Å²) in [7, 11) is 6.48. The zero-order valence-electron chi connectivity index (χ0n) is 50.5. The fourth-order valence-corrected chi connectivity index (χ4v) is 11.6. The Kier molecular flexibility index (Phi) is 30.4. The third-order valence-corrected chi connectivity index (χ3v) is 16.9. The number of benzene rings is 2. The lowest BCUT2D eigenvalue weighted by molar-refractivity contribution is -0.146. The molecule has 2 aromatic carbocycles. The molecule has 2 saturated heterocycles. The number of ketones is 4. The normalized spacial score (nSPS) is 18.7. The quantitative estimate of drug-likeness (QED) is 0.0440. The highest BCUT2D eigenvalue weighted by molar-refractivity contribution is 8.00. The second kappa shape index (κ2) is 35.1. The van der Waals surface area contributed by atoms with Crippen molar-refractivity contribution in [3.63, 3.8) is 0 Å². The number of methoxy groups -OCH3 is 2. The van der Waals surface area contributed by atoms with Gasteiger partial charge in [-0.1, -0.05) is 111 Å². The first-order valence-corrected chi connectivity index (χ1v) is 30.2. The molecule has 2 heterocycles. The third kappa shape index (κ3) is 21.1. The summed E-state index contributed by atoms with van der Waals surface area (Å²) in [6, 6.07) is 15.8. The smallest absolute Gasteiger partial charge is 0.410 e. The van der Waals surface area contributed by atoms with E-state index >= 15 is 0 Å². The number of unbranched alkanes of at least 4 members (excludes halogenated alkanes) is 2. The zero-order valence-corrected chi connectivity index (χ0v) is 51.3. The highest BCUT2D eigenvalue weighted by Gasteiger charge is 2.41. The van der Waals surface area contributed by atoms with E-state index in [1.807, 2.05) is 92.0 Å². The average Bonchev–Trinajstić information content (AvgIpc) is 4.07. The van der Waals surface area contributed by atoms with Crippen molar-refractivity contribution in [3.05, 3.63) is 65.7 Å². The number of nitrogens with zero attached hydrogens (tertiary/aromatic N) is 3. The molecule has 2 aliphatic rings. The van der Waals surface area contributed by atoms with Crippen molar-refractivity contribution in [3.8, 4) is 0 Å². The second-order valence-electron chi connectivity index (χ2n) is 22.8. The van der Waals surface area contributed by atoms with Crippen LogP contribution in [0.15, 0.2) is 54.6 Å². The molecule has 2 aromatic rings. The predicted molar refractivity (Wildman–Crippen MR) is 315 cm³/mol. The molecular formula is C62H97N5O12S. The molecule has 0 aromatic heterocycles. The van der Waals surface area contributed by atoms with Crippen LogP contribution in [-0.4, -0.2) is 157 Å². The van der Waals surface area contributed by atoms with Gasteiger partial charge < -0.3 is 39.8 Å². The monoisotopic (exact) mass is 1140 g/mol. The Morgan fingerprint density at radius 1 is 0.825 bits per heavy atom. The third-order valence-electron chi connectivity index (χ3n) is 16.0. The number of aliphatic hydroxyl groups is 1. The number of aliphatic hydroxyl groups excluding tert-OH is 1. The van der Waals surface area contributed by atoms with E-state index in [-0.39, 0.29) is 126 Å². The van der Waals surface area contributed by atoms with Gasteiger partial charge in [-0.3, -0.25) is 38.5 Å². The predicted octanol–water partition coefficient (Wildman–Crippen LogP) is 9.13. The minimum Gasteiger partial charge on any atom is -0.445 e. The van der Waals surface area contributed by atoms with E-state index in [4.69, 9.17) is 14.2 Å². The number of ether oxygens (including phenoxy) is 3. The molecule has 448 valence electrons. The Labute approximate surface area is 482 Å². The van der Waals surface area contributed by atoms with Crippen molar-refractivity contribution < 1.29 is 57.7 Å². The molecular weight excluding hydrogens is 1040 g/mol. The standard InChI is InChI=1S/C43H68N4O9S.C19H29NO3/c1-12-29(6)40(36(55-10)22-30(7)48)45(8)41(52)34(27(2)3)23-35(50)39(28(4)5)46(9)43(54)56-26-31-17-19-32(20-18-31)44-25-33(49)16-14-13-15-21-47-38(51)24-37(57-11)42(47)53;1-13(18(22)15-8-5-4-6-9-15)12-17(21)14(2)19(23-3)16-10-7-11-20-16/h17-20,27-29,34,36-37,39-40,44H,12-16,21-26H2,1-11H3;4-6,8-9,13-14,16,18-20,22H,7,10-12H2,1-3H3/t29-,34-,36+,37?,39-,40-;13-,14-,16-,18+,19+/m00/s1. The van der Waals surface area contributed by atoms with Gasteiger partial charge in [0.05, 0.1) is 42.2 Å². The van der Waals surface area contributed by atoms with Crippen LogP contribution < -0.4 is 10.6 Å². The second-order valence-corrected chi connectivity index (χ2v) is 23.8. The molecule has 17 nitrogen and oxygen atoms in total. The number of carbonyl (C=O) groups excluding carboxylic acids is 8. The van der Waals surface area contributed by atoms with Crippen LogP contribution in [-0.2, 0) is 54.4 Å². The highest BCUT2D eigenvalue weighted by Crippen LogP contribution is 2.30. The summed E-state index contributed by atoms with van der Waals surface area (Å²) in [6.07, 6.45) is 6.18. The minimum absolute atomic E-state index is 0.0240. The van der Waals surface area contributed by atoms with Crippen LogP contribution in [0.25, 0.3) is 0 Å². The first-order valence-electron chi connectivity index (χ1n) is 28.9. The van der Waals surface area contributed by atoms with E-state index in [1.165, 1.54) is 35.5 Å². The Morgan fingerprint density at radius 3 is 2.02 bits per heavy atom. The molecule has 0 saturated carbocycles. The molecule has 4 amide bonds. The maximum atomic E-state index is 14.1. The van der Waals surface area contributed by atoms with Gasteiger partial charge in [0, 0.05) is 90.5 Å². The van der Waals surface area contributed by atoms with Crippen LogP contribution in [0.5, 0.6) is 0 Å². The number of thioether (sulfide) groups is 1. The molecule has 2 fully saturated rings. The van der Waals surface area contributed by atoms with Crippen molar-refractivity contribution in [1.82, 2.24) is 20.0 Å². The molecule has 3 N–H and O–H groups in total. The van der Waals surface area contributed by atoms with Crippen molar-refractivity contribution in [2.75, 3.05) is 59.5 Å². The molecule has 0 radical (unpaired) electrons. The summed E-state index contributed by atoms with van der Waals surface area (Å²) in [5, 5.41) is 16.7. The number of Topliss-reactive ketones (excluding diaryl/α,β-unsaturated/α-hetero) is 4. The molecule has 0 aliphatic carbocycles. The number of carbonyl (C=O) groups is 8. The van der Waals surface area contributed by atoms with Crippen LogP contribution in [0.1, 0.15) is 150 Å². The maximum absolute atomic E-state index is 14.1. The van der Waals surface area contributed by atoms with Gasteiger partial charge in [0.2, 0.25) is 17.7 Å². The summed E-state index contributed by atoms with van der Waals surface area (Å²) in [6.45, 7) is 18.5. The van der Waals surface area contributed by atoms with Crippen molar-refractivity contribution in [2.24, 2.45) is 35.5 Å². The van der Waals surface area contributed by atoms with E-state index < -0.39 is 30.3 Å². The highest BCUT2D eigenvalue weighted by atomic mass is 32.2. The summed E-state index contributed by atoms with van der Waals surface area (Å²) in [5.41, 5.74) is 2.33. The van der Waals surface area contributed by atoms with E-state index in [0.29, 0.717) is 32.2 Å².